The molecule has 0 aliphatic carbocycles. The SMILES string of the molecule is COc1cc(OC)c(OC)cc1CNC(=O)c1ccc(CCNS(C)(=O)=O)s1. The van der Waals surface area contributed by atoms with E-state index in [0.29, 0.717) is 35.1 Å². The van der Waals surface area contributed by atoms with Gasteiger partial charge in [-0.2, -0.15) is 0 Å². The highest BCUT2D eigenvalue weighted by Crippen LogP contribution is 2.34. The van der Waals surface area contributed by atoms with Crippen LogP contribution in [0.15, 0.2) is 24.3 Å². The monoisotopic (exact) mass is 428 g/mol. The second-order valence-electron chi connectivity index (χ2n) is 5.88. The fourth-order valence-electron chi connectivity index (χ4n) is 2.49. The van der Waals surface area contributed by atoms with E-state index >= 15 is 0 Å². The number of amides is 1. The van der Waals surface area contributed by atoms with E-state index < -0.39 is 10.0 Å². The zero-order chi connectivity index (χ0) is 20.7. The topological polar surface area (TPSA) is 103 Å². The van der Waals surface area contributed by atoms with Gasteiger partial charge in [0, 0.05) is 29.6 Å². The zero-order valence-electron chi connectivity index (χ0n) is 16.2. The van der Waals surface area contributed by atoms with Crippen molar-refractivity contribution in [2.24, 2.45) is 0 Å². The summed E-state index contributed by atoms with van der Waals surface area (Å²) in [5.74, 6) is 1.45. The molecule has 2 N–H and O–H groups in total. The number of rotatable bonds is 10. The number of methoxy groups -OCH3 is 3. The minimum atomic E-state index is -3.22. The van der Waals surface area contributed by atoms with Crippen molar-refractivity contribution in [2.45, 2.75) is 13.0 Å². The van der Waals surface area contributed by atoms with Crippen LogP contribution in [0.3, 0.4) is 0 Å². The third-order valence-electron chi connectivity index (χ3n) is 3.85. The van der Waals surface area contributed by atoms with E-state index in [0.717, 1.165) is 16.7 Å². The number of hydrogen-bond acceptors (Lipinski definition) is 7. The molecule has 0 saturated heterocycles. The van der Waals surface area contributed by atoms with Gasteiger partial charge in [0.2, 0.25) is 10.0 Å². The summed E-state index contributed by atoms with van der Waals surface area (Å²) in [4.78, 5) is 13.9. The predicted molar refractivity (Wildman–Crippen MR) is 108 cm³/mol. The summed E-state index contributed by atoms with van der Waals surface area (Å²) < 4.78 is 40.5. The molecule has 2 aromatic rings. The van der Waals surface area contributed by atoms with Crippen molar-refractivity contribution in [3.05, 3.63) is 39.6 Å². The molecule has 0 radical (unpaired) electrons. The lowest BCUT2D eigenvalue weighted by molar-refractivity contribution is 0.0954. The van der Waals surface area contributed by atoms with E-state index in [1.807, 2.05) is 6.07 Å². The van der Waals surface area contributed by atoms with E-state index in [9.17, 15) is 13.2 Å². The van der Waals surface area contributed by atoms with Crippen molar-refractivity contribution in [3.63, 3.8) is 0 Å². The summed E-state index contributed by atoms with van der Waals surface area (Å²) >= 11 is 1.33. The lowest BCUT2D eigenvalue weighted by Gasteiger charge is -2.14. The molecule has 0 saturated carbocycles. The van der Waals surface area contributed by atoms with Gasteiger partial charge < -0.3 is 19.5 Å². The van der Waals surface area contributed by atoms with Crippen LogP contribution in [-0.4, -0.2) is 48.5 Å². The average Bonchev–Trinajstić information content (AvgIpc) is 3.13. The Bertz CT molecular complexity index is 924. The van der Waals surface area contributed by atoms with Crippen LogP contribution in [-0.2, 0) is 23.0 Å². The number of ether oxygens (including phenoxy) is 3. The van der Waals surface area contributed by atoms with Crippen LogP contribution in [0.2, 0.25) is 0 Å². The van der Waals surface area contributed by atoms with Gasteiger partial charge >= 0.3 is 0 Å². The molecule has 1 heterocycles. The number of nitrogens with one attached hydrogen (secondary N) is 2. The molecule has 10 heteroatoms. The predicted octanol–water partition coefficient (Wildman–Crippen LogP) is 1.80. The summed E-state index contributed by atoms with van der Waals surface area (Å²) in [6, 6.07) is 7.01. The molecule has 2 rings (SSSR count). The summed E-state index contributed by atoms with van der Waals surface area (Å²) in [6.45, 7) is 0.550. The minimum Gasteiger partial charge on any atom is -0.496 e. The molecule has 1 aromatic heterocycles. The van der Waals surface area contributed by atoms with Gasteiger partial charge in [-0.3, -0.25) is 4.79 Å². The normalized spacial score (nSPS) is 11.1. The summed E-state index contributed by atoms with van der Waals surface area (Å²) in [5.41, 5.74) is 0.752. The molecular formula is C18H24N2O6S2. The minimum absolute atomic E-state index is 0.218. The molecule has 0 spiro atoms. The van der Waals surface area contributed by atoms with Gasteiger partial charge in [-0.05, 0) is 24.6 Å². The first-order valence-corrected chi connectivity index (χ1v) is 11.1. The van der Waals surface area contributed by atoms with Crippen molar-refractivity contribution < 1.29 is 27.4 Å². The van der Waals surface area contributed by atoms with Crippen LogP contribution in [0.1, 0.15) is 20.1 Å². The van der Waals surface area contributed by atoms with Crippen LogP contribution in [0.4, 0.5) is 0 Å². The Morgan fingerprint density at radius 1 is 1.04 bits per heavy atom. The first kappa shape index (κ1) is 22.0. The van der Waals surface area contributed by atoms with Crippen LogP contribution < -0.4 is 24.2 Å². The summed E-state index contributed by atoms with van der Waals surface area (Å²) in [5, 5.41) is 2.86. The highest BCUT2D eigenvalue weighted by molar-refractivity contribution is 7.88. The highest BCUT2D eigenvalue weighted by atomic mass is 32.2. The van der Waals surface area contributed by atoms with Crippen LogP contribution in [0.5, 0.6) is 17.2 Å². The number of carbonyl (C=O) groups is 1. The van der Waals surface area contributed by atoms with Crippen LogP contribution >= 0.6 is 11.3 Å². The largest absolute Gasteiger partial charge is 0.496 e. The lowest BCUT2D eigenvalue weighted by Crippen LogP contribution is -2.24. The van der Waals surface area contributed by atoms with Crippen molar-refractivity contribution in [2.75, 3.05) is 34.1 Å². The van der Waals surface area contributed by atoms with Gasteiger partial charge in [0.05, 0.1) is 32.5 Å². The Labute approximate surface area is 168 Å². The molecule has 0 bridgehead atoms. The van der Waals surface area contributed by atoms with E-state index in [1.165, 1.54) is 11.3 Å². The molecule has 0 aliphatic rings. The van der Waals surface area contributed by atoms with Gasteiger partial charge in [-0.25, -0.2) is 13.1 Å². The maximum atomic E-state index is 12.4. The number of thiophene rings is 1. The molecule has 0 fully saturated rings. The highest BCUT2D eigenvalue weighted by Gasteiger charge is 2.14. The standard InChI is InChI=1S/C18H24N2O6S2/c1-24-14-10-16(26-3)15(25-2)9-12(14)11-19-18(21)17-6-5-13(27-17)7-8-20-28(4,22)23/h5-6,9-10,20H,7-8,11H2,1-4H3,(H,19,21). The average molecular weight is 429 g/mol. The second kappa shape index (κ2) is 9.76. The van der Waals surface area contributed by atoms with Gasteiger partial charge in [0.1, 0.15) is 5.75 Å². The summed E-state index contributed by atoms with van der Waals surface area (Å²) in [6.07, 6.45) is 1.64. The molecule has 1 amide bonds. The van der Waals surface area contributed by atoms with E-state index in [2.05, 4.69) is 10.0 Å². The molecule has 0 unspecified atom stereocenters. The third kappa shape index (κ3) is 6.11. The van der Waals surface area contributed by atoms with Gasteiger partial charge in [-0.15, -0.1) is 11.3 Å². The second-order valence-corrected chi connectivity index (χ2v) is 8.89. The Morgan fingerprint density at radius 3 is 2.29 bits per heavy atom. The van der Waals surface area contributed by atoms with E-state index in [-0.39, 0.29) is 12.5 Å². The van der Waals surface area contributed by atoms with Gasteiger partial charge in [-0.1, -0.05) is 0 Å². The Morgan fingerprint density at radius 2 is 1.68 bits per heavy atom. The molecule has 154 valence electrons. The van der Waals surface area contributed by atoms with Crippen molar-refractivity contribution in [3.8, 4) is 17.2 Å². The Hall–Kier alpha value is -2.30. The summed E-state index contributed by atoms with van der Waals surface area (Å²) in [7, 11) is 1.41. The van der Waals surface area contributed by atoms with Gasteiger partial charge in [0.25, 0.3) is 5.91 Å². The number of hydrogen-bond donors (Lipinski definition) is 2. The molecule has 0 atom stereocenters. The van der Waals surface area contributed by atoms with Crippen molar-refractivity contribution in [1.82, 2.24) is 10.0 Å². The number of benzene rings is 1. The first-order chi connectivity index (χ1) is 13.3. The maximum Gasteiger partial charge on any atom is 0.261 e. The zero-order valence-corrected chi connectivity index (χ0v) is 17.8. The number of carbonyl (C=O) groups excluding carboxylic acids is 1. The molecule has 28 heavy (non-hydrogen) atoms. The fraction of sp³-hybridized carbons (Fsp3) is 0.389. The molecule has 8 nitrogen and oxygen atoms in total. The Kier molecular flexibility index (Phi) is 7.67. The first-order valence-electron chi connectivity index (χ1n) is 8.37. The van der Waals surface area contributed by atoms with Crippen molar-refractivity contribution >= 4 is 27.3 Å². The maximum absolute atomic E-state index is 12.4. The third-order valence-corrected chi connectivity index (χ3v) is 5.72. The van der Waals surface area contributed by atoms with Crippen molar-refractivity contribution in [1.29, 1.82) is 0 Å². The molecular weight excluding hydrogens is 404 g/mol. The Balaban J connectivity index is 2.00. The van der Waals surface area contributed by atoms with Crippen LogP contribution in [0, 0.1) is 0 Å². The smallest absolute Gasteiger partial charge is 0.261 e. The van der Waals surface area contributed by atoms with Gasteiger partial charge in [0.15, 0.2) is 11.5 Å². The molecule has 0 aliphatic heterocycles. The quantitative estimate of drug-likeness (QED) is 0.598. The van der Waals surface area contributed by atoms with E-state index in [1.54, 1.807) is 39.5 Å². The molecule has 1 aromatic carbocycles. The fourth-order valence-corrected chi connectivity index (χ4v) is 3.88. The number of sulfonamides is 1. The van der Waals surface area contributed by atoms with E-state index in [4.69, 9.17) is 14.2 Å². The lowest BCUT2D eigenvalue weighted by atomic mass is 10.1. The van der Waals surface area contributed by atoms with Crippen LogP contribution in [0.25, 0.3) is 0 Å².